The molecule has 10 aromatic rings. The highest BCUT2D eigenvalue weighted by Gasteiger charge is 2.51. The molecule has 0 radical (unpaired) electrons. The van der Waals surface area contributed by atoms with Crippen molar-refractivity contribution in [3.63, 3.8) is 0 Å². The van der Waals surface area contributed by atoms with E-state index in [0.29, 0.717) is 0 Å². The predicted octanol–water partition coefficient (Wildman–Crippen LogP) is 17.2. The van der Waals surface area contributed by atoms with Crippen molar-refractivity contribution < 1.29 is 0 Å². The van der Waals surface area contributed by atoms with E-state index >= 15 is 0 Å². The molecule has 2 aliphatic rings. The van der Waals surface area contributed by atoms with Crippen molar-refractivity contribution in [1.82, 2.24) is 0 Å². The van der Waals surface area contributed by atoms with Crippen LogP contribution >= 0.6 is 0 Å². The van der Waals surface area contributed by atoms with E-state index in [2.05, 4.69) is 267 Å². The number of fused-ring (bicyclic) bond motifs is 10. The Balaban J connectivity index is 0.894. The summed E-state index contributed by atoms with van der Waals surface area (Å²) >= 11 is 0. The predicted molar refractivity (Wildman–Crippen MR) is 277 cm³/mol. The van der Waals surface area contributed by atoms with Gasteiger partial charge in [-0.15, -0.1) is 0 Å². The molecule has 1 spiro atoms. The molecule has 66 heavy (non-hydrogen) atoms. The van der Waals surface area contributed by atoms with Gasteiger partial charge in [0.15, 0.2) is 0 Å². The summed E-state index contributed by atoms with van der Waals surface area (Å²) in [5.41, 5.74) is 25.6. The van der Waals surface area contributed by atoms with Gasteiger partial charge in [-0.25, -0.2) is 0 Å². The third-order valence-corrected chi connectivity index (χ3v) is 13.9. The maximum absolute atomic E-state index is 2.37. The number of hydrogen-bond acceptors (Lipinski definition) is 2. The van der Waals surface area contributed by atoms with Gasteiger partial charge < -0.3 is 9.80 Å². The van der Waals surface area contributed by atoms with Crippen LogP contribution < -0.4 is 9.80 Å². The fourth-order valence-corrected chi connectivity index (χ4v) is 10.8. The quantitative estimate of drug-likeness (QED) is 0.150. The van der Waals surface area contributed by atoms with Crippen LogP contribution in [0.3, 0.4) is 0 Å². The Bertz CT molecular complexity index is 3310. The van der Waals surface area contributed by atoms with Crippen LogP contribution in [0, 0.1) is 20.8 Å². The van der Waals surface area contributed by atoms with Crippen molar-refractivity contribution in [1.29, 1.82) is 0 Å². The largest absolute Gasteiger partial charge is 0.311 e. The van der Waals surface area contributed by atoms with Crippen molar-refractivity contribution in [2.45, 2.75) is 26.2 Å². The molecule has 0 saturated heterocycles. The molecular weight excluding hydrogens is 797 g/mol. The summed E-state index contributed by atoms with van der Waals surface area (Å²) in [6, 6.07) is 87.5. The van der Waals surface area contributed by atoms with Crippen molar-refractivity contribution in [2.75, 3.05) is 9.80 Å². The SMILES string of the molecule is Cc1ccc(N(c2ccc(C)cc2)c2ccc(-c3ccc(N(c4ccc(C)cc4)c4ccc(-c5cccc6c5-c5ccccc5C65c6ccccc6-c6ccccc65)cc4)cc3)cc2)cc1. The zero-order valence-electron chi connectivity index (χ0n) is 37.4. The number of nitrogens with zero attached hydrogens (tertiary/aromatic N) is 2. The van der Waals surface area contributed by atoms with Gasteiger partial charge in [0.1, 0.15) is 0 Å². The molecule has 0 atom stereocenters. The van der Waals surface area contributed by atoms with E-state index in [1.165, 1.54) is 83.5 Å². The molecule has 0 amide bonds. The van der Waals surface area contributed by atoms with Crippen molar-refractivity contribution in [3.8, 4) is 44.5 Å². The second-order valence-electron chi connectivity index (χ2n) is 17.9. The molecule has 2 aliphatic carbocycles. The van der Waals surface area contributed by atoms with Crippen LogP contribution in [0.4, 0.5) is 34.1 Å². The van der Waals surface area contributed by atoms with E-state index in [-0.39, 0.29) is 5.41 Å². The third-order valence-electron chi connectivity index (χ3n) is 13.9. The van der Waals surface area contributed by atoms with E-state index in [0.717, 1.165) is 34.1 Å². The molecule has 2 nitrogen and oxygen atoms in total. The molecule has 0 bridgehead atoms. The molecule has 0 unspecified atom stereocenters. The Morgan fingerprint density at radius 3 is 0.924 bits per heavy atom. The first-order valence-electron chi connectivity index (χ1n) is 23.0. The summed E-state index contributed by atoms with van der Waals surface area (Å²) in [4.78, 5) is 4.69. The lowest BCUT2D eigenvalue weighted by Gasteiger charge is -2.30. The maximum Gasteiger partial charge on any atom is 0.0725 e. The molecule has 10 aromatic carbocycles. The fraction of sp³-hybridized carbons (Fsp3) is 0.0625. The monoisotopic (exact) mass is 844 g/mol. The number of rotatable bonds is 8. The number of hydrogen-bond donors (Lipinski definition) is 0. The molecule has 0 saturated carbocycles. The molecule has 12 rings (SSSR count). The first-order valence-corrected chi connectivity index (χ1v) is 23.0. The van der Waals surface area contributed by atoms with Crippen LogP contribution in [0.1, 0.15) is 38.9 Å². The lowest BCUT2D eigenvalue weighted by molar-refractivity contribution is 0.794. The van der Waals surface area contributed by atoms with Crippen LogP contribution in [0.5, 0.6) is 0 Å². The van der Waals surface area contributed by atoms with Crippen LogP contribution in [0.25, 0.3) is 44.5 Å². The lowest BCUT2D eigenvalue weighted by Crippen LogP contribution is -2.25. The third kappa shape index (κ3) is 6.32. The Morgan fingerprint density at radius 1 is 0.242 bits per heavy atom. The van der Waals surface area contributed by atoms with E-state index in [4.69, 9.17) is 0 Å². The number of aryl methyl sites for hydroxylation is 3. The Hall–Kier alpha value is -8.20. The molecule has 0 aliphatic heterocycles. The topological polar surface area (TPSA) is 6.48 Å². The van der Waals surface area contributed by atoms with Crippen LogP contribution in [-0.2, 0) is 5.41 Å². The average molecular weight is 845 g/mol. The standard InChI is InChI=1S/C64H48N2/c1-43-19-31-49(32-20-43)65(50-33-21-44(2)22-34-50)52-37-25-46(26-38-52)47-27-39-53(40-28-47)66(51-35-23-45(3)24-36-51)54-41-29-48(30-42-54)55-14-10-18-62-63(55)58-13-6-9-17-61(58)64(62)59-15-7-4-11-56(59)57-12-5-8-16-60(57)64/h4-42H,1-3H3. The van der Waals surface area contributed by atoms with Gasteiger partial charge in [0.05, 0.1) is 5.41 Å². The van der Waals surface area contributed by atoms with E-state index in [9.17, 15) is 0 Å². The second kappa shape index (κ2) is 15.8. The van der Waals surface area contributed by atoms with E-state index in [1.807, 2.05) is 0 Å². The molecule has 0 aromatic heterocycles. The number of anilines is 6. The second-order valence-corrected chi connectivity index (χ2v) is 17.9. The summed E-state index contributed by atoms with van der Waals surface area (Å²) in [5, 5.41) is 0. The van der Waals surface area contributed by atoms with Gasteiger partial charge in [0, 0.05) is 34.1 Å². The first-order chi connectivity index (χ1) is 32.5. The van der Waals surface area contributed by atoms with Crippen molar-refractivity contribution in [3.05, 3.63) is 276 Å². The van der Waals surface area contributed by atoms with Crippen LogP contribution in [-0.4, -0.2) is 0 Å². The zero-order valence-corrected chi connectivity index (χ0v) is 37.4. The fourth-order valence-electron chi connectivity index (χ4n) is 10.8. The summed E-state index contributed by atoms with van der Waals surface area (Å²) in [7, 11) is 0. The normalized spacial score (nSPS) is 12.6. The molecular formula is C64H48N2. The van der Waals surface area contributed by atoms with Gasteiger partial charge in [-0.05, 0) is 160 Å². The maximum atomic E-state index is 2.37. The minimum atomic E-state index is -0.366. The van der Waals surface area contributed by atoms with E-state index in [1.54, 1.807) is 0 Å². The van der Waals surface area contributed by atoms with Crippen molar-refractivity contribution in [2.24, 2.45) is 0 Å². The summed E-state index contributed by atoms with van der Waals surface area (Å²) in [5.74, 6) is 0. The molecule has 2 heteroatoms. The summed E-state index contributed by atoms with van der Waals surface area (Å²) in [6.07, 6.45) is 0. The highest BCUT2D eigenvalue weighted by Crippen LogP contribution is 2.64. The Labute approximate surface area is 388 Å². The zero-order chi connectivity index (χ0) is 44.4. The smallest absolute Gasteiger partial charge is 0.0725 e. The van der Waals surface area contributed by atoms with Gasteiger partial charge in [-0.3, -0.25) is 0 Å². The molecule has 0 N–H and O–H groups in total. The van der Waals surface area contributed by atoms with Gasteiger partial charge in [-0.1, -0.05) is 180 Å². The van der Waals surface area contributed by atoms with E-state index < -0.39 is 0 Å². The summed E-state index contributed by atoms with van der Waals surface area (Å²) in [6.45, 7) is 6.41. The van der Waals surface area contributed by atoms with Gasteiger partial charge in [-0.2, -0.15) is 0 Å². The highest BCUT2D eigenvalue weighted by atomic mass is 15.1. The lowest BCUT2D eigenvalue weighted by atomic mass is 9.70. The minimum Gasteiger partial charge on any atom is -0.311 e. The Kier molecular flexibility index (Phi) is 9.43. The molecule has 314 valence electrons. The minimum absolute atomic E-state index is 0.366. The van der Waals surface area contributed by atoms with Crippen molar-refractivity contribution >= 4 is 34.1 Å². The molecule has 0 heterocycles. The Morgan fingerprint density at radius 2 is 0.530 bits per heavy atom. The number of benzene rings is 10. The van der Waals surface area contributed by atoms with Crippen LogP contribution in [0.2, 0.25) is 0 Å². The van der Waals surface area contributed by atoms with Gasteiger partial charge in [0.25, 0.3) is 0 Å². The average Bonchev–Trinajstić information content (AvgIpc) is 3.84. The van der Waals surface area contributed by atoms with Gasteiger partial charge in [0.2, 0.25) is 0 Å². The van der Waals surface area contributed by atoms with Gasteiger partial charge >= 0.3 is 0 Å². The first kappa shape index (κ1) is 39.4. The summed E-state index contributed by atoms with van der Waals surface area (Å²) < 4.78 is 0. The molecule has 0 fully saturated rings. The highest BCUT2D eigenvalue weighted by molar-refractivity contribution is 6.00. The van der Waals surface area contributed by atoms with Crippen LogP contribution in [0.15, 0.2) is 237 Å².